The van der Waals surface area contributed by atoms with Gasteiger partial charge in [-0.1, -0.05) is 5.16 Å². The van der Waals surface area contributed by atoms with Crippen LogP contribution in [0, 0.1) is 6.92 Å². The van der Waals surface area contributed by atoms with Gasteiger partial charge in [-0.15, -0.1) is 0 Å². The molecule has 3 rings (SSSR count). The zero-order valence-electron chi connectivity index (χ0n) is 15.3. The number of hydrogen-bond donors (Lipinski definition) is 1. The minimum Gasteiger partial charge on any atom is -0.372 e. The Bertz CT molecular complexity index is 730. The standard InChI is InChI=1S/C19H24ClN3O3/c1-12-10-23(11-13(2)25-12)16-6-4-15(5-7-16)21-18(24)9-8-17-14(3)22-26-19(17)20/h4-7,12-13H,8-11H2,1-3H3,(H,21,24). The summed E-state index contributed by atoms with van der Waals surface area (Å²) in [6.45, 7) is 7.72. The van der Waals surface area contributed by atoms with Gasteiger partial charge in [-0.3, -0.25) is 4.79 Å². The van der Waals surface area contributed by atoms with Crippen LogP contribution in [0.5, 0.6) is 0 Å². The minimum absolute atomic E-state index is 0.0666. The first-order chi connectivity index (χ1) is 12.4. The Labute approximate surface area is 158 Å². The van der Waals surface area contributed by atoms with Gasteiger partial charge in [0.1, 0.15) is 0 Å². The smallest absolute Gasteiger partial charge is 0.229 e. The van der Waals surface area contributed by atoms with Crippen LogP contribution in [0.15, 0.2) is 28.8 Å². The Balaban J connectivity index is 1.54. The molecule has 1 amide bonds. The highest BCUT2D eigenvalue weighted by atomic mass is 35.5. The quantitative estimate of drug-likeness (QED) is 0.857. The summed E-state index contributed by atoms with van der Waals surface area (Å²) in [5, 5.41) is 6.96. The van der Waals surface area contributed by atoms with Crippen molar-refractivity contribution in [3.8, 4) is 0 Å². The van der Waals surface area contributed by atoms with E-state index < -0.39 is 0 Å². The van der Waals surface area contributed by atoms with Gasteiger partial charge in [0.05, 0.1) is 17.9 Å². The summed E-state index contributed by atoms with van der Waals surface area (Å²) in [6.07, 6.45) is 1.25. The maximum atomic E-state index is 12.2. The Morgan fingerprint density at radius 2 is 1.92 bits per heavy atom. The second-order valence-corrected chi connectivity index (χ2v) is 7.12. The maximum Gasteiger partial charge on any atom is 0.229 e. The van der Waals surface area contributed by atoms with Crippen molar-refractivity contribution < 1.29 is 14.1 Å². The third kappa shape index (κ3) is 4.56. The summed E-state index contributed by atoms with van der Waals surface area (Å²) in [6, 6.07) is 7.91. The number of anilines is 2. The monoisotopic (exact) mass is 377 g/mol. The van der Waals surface area contributed by atoms with Crippen molar-refractivity contribution in [2.45, 2.75) is 45.8 Å². The second kappa shape index (κ2) is 8.10. The minimum atomic E-state index is -0.0666. The highest BCUT2D eigenvalue weighted by Gasteiger charge is 2.22. The van der Waals surface area contributed by atoms with E-state index in [2.05, 4.69) is 29.2 Å². The number of benzene rings is 1. The number of morpholine rings is 1. The molecule has 7 heteroatoms. The molecule has 1 saturated heterocycles. The number of carbonyl (C=O) groups excluding carboxylic acids is 1. The van der Waals surface area contributed by atoms with E-state index in [1.807, 2.05) is 31.2 Å². The van der Waals surface area contributed by atoms with Gasteiger partial charge in [-0.25, -0.2) is 0 Å². The van der Waals surface area contributed by atoms with Crippen LogP contribution in [0.25, 0.3) is 0 Å². The number of aromatic nitrogens is 1. The summed E-state index contributed by atoms with van der Waals surface area (Å²) >= 11 is 5.93. The molecule has 140 valence electrons. The molecule has 6 nitrogen and oxygen atoms in total. The highest BCUT2D eigenvalue weighted by Crippen LogP contribution is 2.23. The maximum absolute atomic E-state index is 12.2. The molecule has 0 spiro atoms. The van der Waals surface area contributed by atoms with Crippen LogP contribution in [-0.4, -0.2) is 36.4 Å². The van der Waals surface area contributed by atoms with E-state index in [1.54, 1.807) is 0 Å². The zero-order chi connectivity index (χ0) is 18.7. The molecule has 2 heterocycles. The lowest BCUT2D eigenvalue weighted by atomic mass is 10.1. The Kier molecular flexibility index (Phi) is 5.84. The number of rotatable bonds is 5. The summed E-state index contributed by atoms with van der Waals surface area (Å²) in [5.41, 5.74) is 3.42. The molecule has 0 aliphatic carbocycles. The van der Waals surface area contributed by atoms with Crippen molar-refractivity contribution >= 4 is 28.9 Å². The van der Waals surface area contributed by atoms with Gasteiger partial charge in [0.15, 0.2) is 0 Å². The average molecular weight is 378 g/mol. The van der Waals surface area contributed by atoms with Crippen molar-refractivity contribution in [3.63, 3.8) is 0 Å². The largest absolute Gasteiger partial charge is 0.372 e. The topological polar surface area (TPSA) is 67.6 Å². The summed E-state index contributed by atoms with van der Waals surface area (Å²) in [5.74, 6) is -0.0666. The fourth-order valence-corrected chi connectivity index (χ4v) is 3.51. The van der Waals surface area contributed by atoms with E-state index in [1.165, 1.54) is 0 Å². The van der Waals surface area contributed by atoms with E-state index >= 15 is 0 Å². The second-order valence-electron chi connectivity index (χ2n) is 6.78. The first-order valence-corrected chi connectivity index (χ1v) is 9.21. The third-order valence-corrected chi connectivity index (χ3v) is 4.77. The molecule has 2 unspecified atom stereocenters. The first-order valence-electron chi connectivity index (χ1n) is 8.83. The molecule has 2 atom stereocenters. The summed E-state index contributed by atoms with van der Waals surface area (Å²) in [7, 11) is 0. The molecule has 0 bridgehead atoms. The predicted molar refractivity (Wildman–Crippen MR) is 102 cm³/mol. The number of nitrogens with zero attached hydrogens (tertiary/aromatic N) is 2. The lowest BCUT2D eigenvalue weighted by Gasteiger charge is -2.36. The number of carbonyl (C=O) groups is 1. The van der Waals surface area contributed by atoms with E-state index in [0.717, 1.165) is 35.7 Å². The molecule has 0 radical (unpaired) electrons. The number of nitrogens with one attached hydrogen (secondary N) is 1. The number of halogens is 1. The van der Waals surface area contributed by atoms with Gasteiger partial charge in [0.25, 0.3) is 0 Å². The third-order valence-electron chi connectivity index (χ3n) is 4.47. The number of amides is 1. The normalized spacial score (nSPS) is 20.2. The van der Waals surface area contributed by atoms with Crippen molar-refractivity contribution in [1.82, 2.24) is 5.16 Å². The lowest BCUT2D eigenvalue weighted by molar-refractivity contribution is -0.116. The molecular formula is C19H24ClN3O3. The first kappa shape index (κ1) is 18.7. The molecule has 1 fully saturated rings. The zero-order valence-corrected chi connectivity index (χ0v) is 16.0. The van der Waals surface area contributed by atoms with Crippen molar-refractivity contribution in [1.29, 1.82) is 0 Å². The molecule has 1 N–H and O–H groups in total. The van der Waals surface area contributed by atoms with Gasteiger partial charge >= 0.3 is 0 Å². The fraction of sp³-hybridized carbons (Fsp3) is 0.474. The van der Waals surface area contributed by atoms with Crippen LogP contribution in [0.4, 0.5) is 11.4 Å². The van der Waals surface area contributed by atoms with Crippen molar-refractivity contribution in [2.24, 2.45) is 0 Å². The van der Waals surface area contributed by atoms with E-state index in [4.69, 9.17) is 20.9 Å². The molecule has 0 saturated carbocycles. The summed E-state index contributed by atoms with van der Waals surface area (Å²) < 4.78 is 10.7. The number of ether oxygens (including phenoxy) is 1. The molecule has 1 aliphatic heterocycles. The van der Waals surface area contributed by atoms with Crippen LogP contribution in [0.2, 0.25) is 5.22 Å². The molecular weight excluding hydrogens is 354 g/mol. The van der Waals surface area contributed by atoms with Crippen LogP contribution in [0.1, 0.15) is 31.5 Å². The molecule has 1 aromatic carbocycles. The van der Waals surface area contributed by atoms with E-state index in [0.29, 0.717) is 12.8 Å². The molecule has 26 heavy (non-hydrogen) atoms. The van der Waals surface area contributed by atoms with E-state index in [-0.39, 0.29) is 23.3 Å². The fourth-order valence-electron chi connectivity index (χ4n) is 3.25. The molecule has 1 aliphatic rings. The average Bonchev–Trinajstić information content (AvgIpc) is 2.91. The lowest BCUT2D eigenvalue weighted by Crippen LogP contribution is -2.45. The van der Waals surface area contributed by atoms with Crippen LogP contribution < -0.4 is 10.2 Å². The Hall–Kier alpha value is -2.05. The van der Waals surface area contributed by atoms with Crippen LogP contribution >= 0.6 is 11.6 Å². The van der Waals surface area contributed by atoms with Crippen LogP contribution in [-0.2, 0) is 16.0 Å². The van der Waals surface area contributed by atoms with Gasteiger partial charge in [0.2, 0.25) is 11.1 Å². The van der Waals surface area contributed by atoms with Crippen molar-refractivity contribution in [2.75, 3.05) is 23.3 Å². The highest BCUT2D eigenvalue weighted by molar-refractivity contribution is 6.29. The SMILES string of the molecule is Cc1noc(Cl)c1CCC(=O)Nc1ccc(N2CC(C)OC(C)C2)cc1. The molecule has 1 aromatic heterocycles. The van der Waals surface area contributed by atoms with Crippen LogP contribution in [0.3, 0.4) is 0 Å². The van der Waals surface area contributed by atoms with E-state index in [9.17, 15) is 4.79 Å². The Morgan fingerprint density at radius 1 is 1.27 bits per heavy atom. The van der Waals surface area contributed by atoms with Crippen molar-refractivity contribution in [3.05, 3.63) is 40.7 Å². The molecule has 2 aromatic rings. The van der Waals surface area contributed by atoms with Gasteiger partial charge in [0, 0.05) is 36.4 Å². The number of hydrogen-bond acceptors (Lipinski definition) is 5. The van der Waals surface area contributed by atoms with Gasteiger partial charge in [-0.2, -0.15) is 0 Å². The number of aryl methyl sites for hydroxylation is 1. The van der Waals surface area contributed by atoms with Gasteiger partial charge in [-0.05, 0) is 63.1 Å². The Morgan fingerprint density at radius 3 is 2.50 bits per heavy atom. The predicted octanol–water partition coefficient (Wildman–Crippen LogP) is 3.82. The summed E-state index contributed by atoms with van der Waals surface area (Å²) in [4.78, 5) is 14.5. The van der Waals surface area contributed by atoms with Gasteiger partial charge < -0.3 is 19.5 Å².